The van der Waals surface area contributed by atoms with Crippen LogP contribution in [0.1, 0.15) is 26.5 Å². The van der Waals surface area contributed by atoms with Gasteiger partial charge in [-0.1, -0.05) is 38.4 Å². The summed E-state index contributed by atoms with van der Waals surface area (Å²) < 4.78 is 5.35. The predicted molar refractivity (Wildman–Crippen MR) is 77.3 cm³/mol. The normalized spacial score (nSPS) is 11.3. The van der Waals surface area contributed by atoms with Crippen LogP contribution in [0.4, 0.5) is 0 Å². The summed E-state index contributed by atoms with van der Waals surface area (Å²) in [6, 6.07) is 7.65. The molecule has 2 aromatic rings. The van der Waals surface area contributed by atoms with Crippen molar-refractivity contribution in [2.45, 2.75) is 30.4 Å². The summed E-state index contributed by atoms with van der Waals surface area (Å²) >= 11 is 8.08. The minimum absolute atomic E-state index is 0.0661. The Bertz CT molecular complexity index is 638. The number of hydrogen-bond acceptors (Lipinski definition) is 4. The Hall–Kier alpha value is -1.44. The second-order valence-electron chi connectivity index (χ2n) is 4.98. The van der Waals surface area contributed by atoms with E-state index in [2.05, 4.69) is 25.8 Å². The molecule has 0 aliphatic carbocycles. The van der Waals surface area contributed by atoms with Gasteiger partial charge in [-0.05, 0) is 12.1 Å². The van der Waals surface area contributed by atoms with Crippen LogP contribution in [0.3, 0.4) is 0 Å². The van der Waals surface area contributed by atoms with E-state index in [-0.39, 0.29) is 10.4 Å². The average molecular weight is 293 g/mol. The van der Waals surface area contributed by atoms with Crippen molar-refractivity contribution < 1.29 is 4.42 Å². The van der Waals surface area contributed by atoms with Crippen LogP contribution in [0.15, 0.2) is 33.8 Å². The van der Waals surface area contributed by atoms with Crippen LogP contribution < -0.4 is 0 Å². The zero-order valence-electron chi connectivity index (χ0n) is 10.9. The summed E-state index contributed by atoms with van der Waals surface area (Å²) in [6.07, 6.45) is 1.33. The fourth-order valence-electron chi connectivity index (χ4n) is 1.53. The van der Waals surface area contributed by atoms with Crippen LogP contribution >= 0.6 is 23.4 Å². The summed E-state index contributed by atoms with van der Waals surface area (Å²) in [5.41, 5.74) is 0.956. The minimum Gasteiger partial charge on any atom is -0.443 e. The Morgan fingerprint density at radius 3 is 2.68 bits per heavy atom. The summed E-state index contributed by atoms with van der Waals surface area (Å²) in [4.78, 5) is 5.05. The zero-order chi connectivity index (χ0) is 14.0. The van der Waals surface area contributed by atoms with E-state index in [4.69, 9.17) is 21.3 Å². The molecule has 0 spiro atoms. The number of rotatable bonds is 2. The van der Waals surface area contributed by atoms with Crippen molar-refractivity contribution >= 4 is 23.4 Å². The van der Waals surface area contributed by atoms with Gasteiger partial charge in [0.25, 0.3) is 0 Å². The molecule has 0 aliphatic heterocycles. The first-order valence-electron chi connectivity index (χ1n) is 5.74. The molecule has 0 atom stereocenters. The molecule has 0 fully saturated rings. The van der Waals surface area contributed by atoms with E-state index in [1.165, 1.54) is 6.26 Å². The van der Waals surface area contributed by atoms with Crippen LogP contribution in [0.2, 0.25) is 5.02 Å². The van der Waals surface area contributed by atoms with Crippen molar-refractivity contribution in [1.82, 2.24) is 4.98 Å². The molecule has 98 valence electrons. The standard InChI is InChI=1S/C14H13ClN2OS/c1-14(2,3)19-11-6-4-5-10(12(11)15)13-17-9(7-16)8-18-13/h4-6,8H,1-3H3. The molecule has 0 bridgehead atoms. The molecule has 1 heterocycles. The average Bonchev–Trinajstić information content (AvgIpc) is 2.78. The lowest BCUT2D eigenvalue weighted by atomic mass is 10.2. The number of nitrogens with zero attached hydrogens (tertiary/aromatic N) is 2. The van der Waals surface area contributed by atoms with Gasteiger partial charge in [0.2, 0.25) is 5.89 Å². The zero-order valence-corrected chi connectivity index (χ0v) is 12.5. The highest BCUT2D eigenvalue weighted by atomic mass is 35.5. The number of halogens is 1. The molecule has 0 saturated carbocycles. The van der Waals surface area contributed by atoms with Crippen molar-refractivity contribution in [3.63, 3.8) is 0 Å². The number of oxazole rings is 1. The first kappa shape index (κ1) is 14.0. The fourth-order valence-corrected chi connectivity index (χ4v) is 2.86. The third-order valence-electron chi connectivity index (χ3n) is 2.23. The van der Waals surface area contributed by atoms with Gasteiger partial charge in [0, 0.05) is 9.64 Å². The van der Waals surface area contributed by atoms with Gasteiger partial charge in [-0.15, -0.1) is 11.8 Å². The lowest BCUT2D eigenvalue weighted by Crippen LogP contribution is -2.06. The van der Waals surface area contributed by atoms with E-state index in [1.807, 2.05) is 24.3 Å². The summed E-state index contributed by atoms with van der Waals surface area (Å²) in [5.74, 6) is 0.373. The number of aromatic nitrogens is 1. The summed E-state index contributed by atoms with van der Waals surface area (Å²) in [7, 11) is 0. The molecular weight excluding hydrogens is 280 g/mol. The molecule has 5 heteroatoms. The van der Waals surface area contributed by atoms with E-state index >= 15 is 0 Å². The van der Waals surface area contributed by atoms with E-state index in [9.17, 15) is 0 Å². The molecule has 0 amide bonds. The molecule has 3 nitrogen and oxygen atoms in total. The fraction of sp³-hybridized carbons (Fsp3) is 0.286. The van der Waals surface area contributed by atoms with Crippen LogP contribution in [0.25, 0.3) is 11.5 Å². The Labute approximate surface area is 121 Å². The Balaban J connectivity index is 2.43. The van der Waals surface area contributed by atoms with E-state index < -0.39 is 0 Å². The molecule has 1 aromatic heterocycles. The highest BCUT2D eigenvalue weighted by Crippen LogP contribution is 2.40. The maximum atomic E-state index is 8.76. The number of hydrogen-bond donors (Lipinski definition) is 0. The van der Waals surface area contributed by atoms with Gasteiger partial charge in [0.15, 0.2) is 5.69 Å². The second-order valence-corrected chi connectivity index (χ2v) is 7.23. The van der Waals surface area contributed by atoms with Gasteiger partial charge in [0.05, 0.1) is 10.6 Å². The number of benzene rings is 1. The summed E-state index contributed by atoms with van der Waals surface area (Å²) in [6.45, 7) is 6.37. The van der Waals surface area contributed by atoms with Crippen molar-refractivity contribution in [1.29, 1.82) is 5.26 Å². The quantitative estimate of drug-likeness (QED) is 0.749. The lowest BCUT2D eigenvalue weighted by molar-refractivity contribution is 0.574. The highest BCUT2D eigenvalue weighted by molar-refractivity contribution is 8.00. The van der Waals surface area contributed by atoms with Crippen molar-refractivity contribution in [3.05, 3.63) is 35.2 Å². The smallest absolute Gasteiger partial charge is 0.228 e. The predicted octanol–water partition coefficient (Wildman–Crippen LogP) is 4.76. The van der Waals surface area contributed by atoms with Crippen LogP contribution in [0.5, 0.6) is 0 Å². The van der Waals surface area contributed by atoms with Gasteiger partial charge >= 0.3 is 0 Å². The lowest BCUT2D eigenvalue weighted by Gasteiger charge is -2.18. The molecule has 0 N–H and O–H groups in total. The SMILES string of the molecule is CC(C)(C)Sc1cccc(-c2nc(C#N)co2)c1Cl. The maximum Gasteiger partial charge on any atom is 0.228 e. The van der Waals surface area contributed by atoms with Crippen molar-refractivity contribution in [3.8, 4) is 17.5 Å². The van der Waals surface area contributed by atoms with Gasteiger partial charge in [-0.25, -0.2) is 0 Å². The molecule has 0 saturated heterocycles. The van der Waals surface area contributed by atoms with Crippen LogP contribution in [-0.2, 0) is 0 Å². The van der Waals surface area contributed by atoms with Crippen LogP contribution in [-0.4, -0.2) is 9.73 Å². The van der Waals surface area contributed by atoms with E-state index in [0.717, 1.165) is 4.90 Å². The van der Waals surface area contributed by atoms with E-state index in [1.54, 1.807) is 11.8 Å². The monoisotopic (exact) mass is 292 g/mol. The van der Waals surface area contributed by atoms with Crippen molar-refractivity contribution in [2.24, 2.45) is 0 Å². The molecule has 2 rings (SSSR count). The third-order valence-corrected chi connectivity index (χ3v) is 3.92. The number of nitriles is 1. The van der Waals surface area contributed by atoms with Gasteiger partial charge in [0.1, 0.15) is 12.3 Å². The first-order valence-corrected chi connectivity index (χ1v) is 6.94. The molecule has 0 aliphatic rings. The molecule has 0 unspecified atom stereocenters. The largest absolute Gasteiger partial charge is 0.443 e. The Morgan fingerprint density at radius 2 is 2.11 bits per heavy atom. The molecule has 1 aromatic carbocycles. The molecule has 0 radical (unpaired) electrons. The Kier molecular flexibility index (Phi) is 3.88. The number of thioether (sulfide) groups is 1. The topological polar surface area (TPSA) is 49.8 Å². The minimum atomic E-state index is 0.0661. The van der Waals surface area contributed by atoms with E-state index in [0.29, 0.717) is 16.5 Å². The summed E-state index contributed by atoms with van der Waals surface area (Å²) in [5, 5.41) is 9.37. The molecule has 19 heavy (non-hydrogen) atoms. The van der Waals surface area contributed by atoms with Crippen molar-refractivity contribution in [2.75, 3.05) is 0 Å². The maximum absolute atomic E-state index is 8.76. The highest BCUT2D eigenvalue weighted by Gasteiger charge is 2.18. The third kappa shape index (κ3) is 3.31. The van der Waals surface area contributed by atoms with Gasteiger partial charge < -0.3 is 4.42 Å². The van der Waals surface area contributed by atoms with Gasteiger partial charge in [-0.2, -0.15) is 10.2 Å². The second kappa shape index (κ2) is 5.28. The molecular formula is C14H13ClN2OS. The first-order chi connectivity index (χ1) is 8.90. The van der Waals surface area contributed by atoms with Crippen LogP contribution in [0, 0.1) is 11.3 Å². The van der Waals surface area contributed by atoms with Gasteiger partial charge in [-0.3, -0.25) is 0 Å². The Morgan fingerprint density at radius 1 is 1.37 bits per heavy atom.